The molecule has 24 heavy (non-hydrogen) atoms. The molecule has 128 valence electrons. The number of rotatable bonds is 2. The number of benzene rings is 1. The summed E-state index contributed by atoms with van der Waals surface area (Å²) in [5.74, 6) is 0.00100. The van der Waals surface area contributed by atoms with Crippen molar-refractivity contribution in [3.8, 4) is 0 Å². The Balaban J connectivity index is 2.40. The Bertz CT molecular complexity index is 901. The van der Waals surface area contributed by atoms with E-state index < -0.39 is 5.41 Å². The summed E-state index contributed by atoms with van der Waals surface area (Å²) in [5, 5.41) is 0. The Hall–Kier alpha value is -1.94. The van der Waals surface area contributed by atoms with Crippen LogP contribution >= 0.6 is 11.3 Å². The number of hydrogen-bond acceptors (Lipinski definition) is 3. The van der Waals surface area contributed by atoms with Gasteiger partial charge in [0, 0.05) is 11.5 Å². The van der Waals surface area contributed by atoms with E-state index in [2.05, 4.69) is 37.9 Å². The Kier molecular flexibility index (Phi) is 5.00. The van der Waals surface area contributed by atoms with Gasteiger partial charge in [-0.15, -0.1) is 11.3 Å². The van der Waals surface area contributed by atoms with E-state index in [0.29, 0.717) is 9.20 Å². The van der Waals surface area contributed by atoms with Crippen LogP contribution < -0.4 is 14.8 Å². The summed E-state index contributed by atoms with van der Waals surface area (Å²) in [6, 6.07) is 8.21. The zero-order valence-electron chi connectivity index (χ0n) is 15.2. The highest BCUT2D eigenvalue weighted by molar-refractivity contribution is 7.07. The fraction of sp³-hybridized carbons (Fsp3) is 0.400. The molecule has 2 aromatic rings. The van der Waals surface area contributed by atoms with Crippen LogP contribution in [0.4, 0.5) is 0 Å². The van der Waals surface area contributed by atoms with Gasteiger partial charge in [-0.25, -0.2) is 0 Å². The van der Waals surface area contributed by atoms with E-state index in [9.17, 15) is 9.59 Å². The van der Waals surface area contributed by atoms with Gasteiger partial charge in [0.05, 0.1) is 9.20 Å². The molecule has 0 atom stereocenters. The molecule has 0 unspecified atom stereocenters. The molecular weight excluding hydrogens is 318 g/mol. The Morgan fingerprint density at radius 2 is 1.62 bits per heavy atom. The summed E-state index contributed by atoms with van der Waals surface area (Å²) in [4.78, 5) is 26.9. The van der Waals surface area contributed by atoms with Crippen LogP contribution in [0.5, 0.6) is 0 Å². The molecule has 1 N–H and O–H groups in total. The predicted molar refractivity (Wildman–Crippen MR) is 102 cm³/mol. The fourth-order valence-corrected chi connectivity index (χ4v) is 2.98. The number of Topliss-reactive ketones (excluding diaryl/α,β-unsaturated/α-hetero) is 1. The zero-order valence-corrected chi connectivity index (χ0v) is 16.0. The molecule has 0 aliphatic rings. The van der Waals surface area contributed by atoms with E-state index in [4.69, 9.17) is 0 Å². The first-order valence-electron chi connectivity index (χ1n) is 8.04. The van der Waals surface area contributed by atoms with Gasteiger partial charge in [-0.1, -0.05) is 65.8 Å². The smallest absolute Gasteiger partial charge is 0.266 e. The molecule has 0 spiro atoms. The lowest BCUT2D eigenvalue weighted by molar-refractivity contribution is -0.119. The van der Waals surface area contributed by atoms with E-state index in [1.54, 1.807) is 0 Å². The number of carbonyl (C=O) groups excluding carboxylic acids is 1. The number of aromatic nitrogens is 1. The van der Waals surface area contributed by atoms with Gasteiger partial charge >= 0.3 is 0 Å². The summed E-state index contributed by atoms with van der Waals surface area (Å²) in [7, 11) is 0. The Labute approximate surface area is 146 Å². The minimum Gasteiger partial charge on any atom is -0.313 e. The summed E-state index contributed by atoms with van der Waals surface area (Å²) in [6.45, 7) is 12.1. The molecule has 0 fully saturated rings. The first-order chi connectivity index (χ1) is 11.0. The van der Waals surface area contributed by atoms with Gasteiger partial charge in [-0.05, 0) is 22.6 Å². The summed E-state index contributed by atoms with van der Waals surface area (Å²) >= 11 is 1.31. The first kappa shape index (κ1) is 18.4. The number of ketones is 1. The number of carbonyl (C=O) groups is 1. The molecule has 0 bridgehead atoms. The van der Waals surface area contributed by atoms with E-state index in [0.717, 1.165) is 5.56 Å². The van der Waals surface area contributed by atoms with Crippen LogP contribution in [0.3, 0.4) is 0 Å². The van der Waals surface area contributed by atoms with Gasteiger partial charge in [-0.3, -0.25) is 9.59 Å². The standard InChI is InChI=1S/C20H25NO2S/c1-19(2,3)14-9-7-13(8-10-14)11-15-18(23)21-17(24-15)12-16(22)20(4,5)6/h7-12H,1-6H3,(H,21,23)/b15-11+,17-12+. The number of hydrogen-bond donors (Lipinski definition) is 1. The van der Waals surface area contributed by atoms with Crippen molar-refractivity contribution in [2.45, 2.75) is 47.0 Å². The Morgan fingerprint density at radius 3 is 2.12 bits per heavy atom. The normalized spacial score (nSPS) is 14.2. The van der Waals surface area contributed by atoms with Crippen molar-refractivity contribution < 1.29 is 4.79 Å². The maximum absolute atomic E-state index is 12.1. The molecule has 2 rings (SSSR count). The van der Waals surface area contributed by atoms with Crippen LogP contribution in [0.25, 0.3) is 12.2 Å². The van der Waals surface area contributed by atoms with Gasteiger partial charge < -0.3 is 4.98 Å². The molecule has 0 saturated carbocycles. The van der Waals surface area contributed by atoms with Gasteiger partial charge in [0.25, 0.3) is 5.56 Å². The van der Waals surface area contributed by atoms with Crippen LogP contribution in [0.1, 0.15) is 52.7 Å². The summed E-state index contributed by atoms with van der Waals surface area (Å²) < 4.78 is 1.20. The van der Waals surface area contributed by atoms with Crippen molar-refractivity contribution in [3.63, 3.8) is 0 Å². The molecule has 1 aromatic carbocycles. The van der Waals surface area contributed by atoms with Gasteiger partial charge in [0.2, 0.25) is 0 Å². The minimum atomic E-state index is -0.451. The van der Waals surface area contributed by atoms with Crippen molar-refractivity contribution in [2.24, 2.45) is 5.41 Å². The lowest BCUT2D eigenvalue weighted by atomic mass is 9.87. The van der Waals surface area contributed by atoms with Gasteiger partial charge in [0.1, 0.15) is 0 Å². The maximum atomic E-state index is 12.1. The number of nitrogens with one attached hydrogen (secondary N) is 1. The van der Waals surface area contributed by atoms with Crippen LogP contribution in [-0.4, -0.2) is 10.8 Å². The molecule has 3 nitrogen and oxygen atoms in total. The highest BCUT2D eigenvalue weighted by Crippen LogP contribution is 2.22. The van der Waals surface area contributed by atoms with E-state index in [1.807, 2.05) is 39.0 Å². The van der Waals surface area contributed by atoms with E-state index in [-0.39, 0.29) is 16.8 Å². The Morgan fingerprint density at radius 1 is 1.04 bits per heavy atom. The third-order valence-electron chi connectivity index (χ3n) is 3.76. The highest BCUT2D eigenvalue weighted by atomic mass is 32.1. The van der Waals surface area contributed by atoms with E-state index >= 15 is 0 Å². The van der Waals surface area contributed by atoms with Crippen molar-refractivity contribution in [1.29, 1.82) is 0 Å². The van der Waals surface area contributed by atoms with Crippen molar-refractivity contribution >= 4 is 29.3 Å². The fourth-order valence-electron chi connectivity index (χ4n) is 2.09. The molecule has 0 aliphatic carbocycles. The SMILES string of the molecule is CC(C)(C)C(=O)/C=c1\[nH]c(=O)/c(=C\c2ccc(C(C)(C)C)cc2)s1. The van der Waals surface area contributed by atoms with Crippen LogP contribution in [-0.2, 0) is 10.2 Å². The quantitative estimate of drug-likeness (QED) is 0.911. The number of aromatic amines is 1. The molecular formula is C20H25NO2S. The first-order valence-corrected chi connectivity index (χ1v) is 8.86. The molecule has 0 amide bonds. The third-order valence-corrected chi connectivity index (χ3v) is 4.72. The zero-order chi connectivity index (χ0) is 18.1. The minimum absolute atomic E-state index is 0.00100. The van der Waals surface area contributed by atoms with Gasteiger partial charge in [-0.2, -0.15) is 0 Å². The molecule has 1 aromatic heterocycles. The second-order valence-electron chi connectivity index (χ2n) is 8.06. The summed E-state index contributed by atoms with van der Waals surface area (Å²) in [5.41, 5.74) is 1.73. The average molecular weight is 343 g/mol. The van der Waals surface area contributed by atoms with Crippen LogP contribution in [0, 0.1) is 5.41 Å². The molecule has 0 radical (unpaired) electrons. The van der Waals surface area contributed by atoms with Crippen molar-refractivity contribution in [2.75, 3.05) is 0 Å². The van der Waals surface area contributed by atoms with Crippen LogP contribution in [0.2, 0.25) is 0 Å². The topological polar surface area (TPSA) is 49.9 Å². The van der Waals surface area contributed by atoms with E-state index in [1.165, 1.54) is 23.0 Å². The maximum Gasteiger partial charge on any atom is 0.266 e. The molecule has 0 aliphatic heterocycles. The number of thiazole rings is 1. The highest BCUT2D eigenvalue weighted by Gasteiger charge is 2.18. The largest absolute Gasteiger partial charge is 0.313 e. The monoisotopic (exact) mass is 343 g/mol. The van der Waals surface area contributed by atoms with Crippen molar-refractivity contribution in [1.82, 2.24) is 4.98 Å². The van der Waals surface area contributed by atoms with Crippen molar-refractivity contribution in [3.05, 3.63) is 54.9 Å². The predicted octanol–water partition coefficient (Wildman–Crippen LogP) is 2.96. The second kappa shape index (κ2) is 6.52. The molecule has 0 saturated heterocycles. The van der Waals surface area contributed by atoms with Gasteiger partial charge in [0.15, 0.2) is 5.78 Å². The second-order valence-corrected chi connectivity index (χ2v) is 9.14. The molecule has 1 heterocycles. The lowest BCUT2D eigenvalue weighted by Gasteiger charge is -2.18. The van der Waals surface area contributed by atoms with Crippen LogP contribution in [0.15, 0.2) is 29.1 Å². The lowest BCUT2D eigenvalue weighted by Crippen LogP contribution is -2.22. The number of H-pyrrole nitrogens is 1. The third kappa shape index (κ3) is 4.54. The summed E-state index contributed by atoms with van der Waals surface area (Å²) in [6.07, 6.45) is 3.38. The average Bonchev–Trinajstić information content (AvgIpc) is 2.77. The molecule has 4 heteroatoms.